The molecule has 1 nitrogen and oxygen atoms in total. The van der Waals surface area contributed by atoms with Crippen molar-refractivity contribution in [3.63, 3.8) is 0 Å². The van der Waals surface area contributed by atoms with Crippen LogP contribution in [-0.4, -0.2) is 7.05 Å². The first-order chi connectivity index (χ1) is 14.2. The fraction of sp³-hybridized carbons (Fsp3) is 0.0714. The zero-order chi connectivity index (χ0) is 19.5. The quantitative estimate of drug-likeness (QED) is 0.269. The normalized spacial score (nSPS) is 12.4. The molecule has 0 fully saturated rings. The SMILES string of the molecule is Cc1cc2ccccc2c2c1-c1ccccc1-c1cc3ccccc3cc1N2C. The van der Waals surface area contributed by atoms with Crippen LogP contribution in [0.3, 0.4) is 0 Å². The molecule has 0 spiro atoms. The summed E-state index contributed by atoms with van der Waals surface area (Å²) < 4.78 is 0. The van der Waals surface area contributed by atoms with Gasteiger partial charge in [-0.05, 0) is 51.9 Å². The second-order valence-electron chi connectivity index (χ2n) is 7.96. The number of nitrogens with zero attached hydrogens (tertiary/aromatic N) is 1. The first kappa shape index (κ1) is 16.4. The third-order valence-electron chi connectivity index (χ3n) is 6.27. The van der Waals surface area contributed by atoms with Gasteiger partial charge in [0.05, 0.1) is 5.69 Å². The lowest BCUT2D eigenvalue weighted by Crippen LogP contribution is -2.11. The fourth-order valence-electron chi connectivity index (χ4n) is 4.93. The Kier molecular flexibility index (Phi) is 3.36. The molecule has 0 aromatic heterocycles. The molecule has 29 heavy (non-hydrogen) atoms. The van der Waals surface area contributed by atoms with Crippen LogP contribution in [0.1, 0.15) is 5.56 Å². The Labute approximate surface area is 170 Å². The van der Waals surface area contributed by atoms with E-state index in [4.69, 9.17) is 0 Å². The molecular formula is C28H21N. The van der Waals surface area contributed by atoms with Crippen LogP contribution >= 0.6 is 0 Å². The summed E-state index contributed by atoms with van der Waals surface area (Å²) in [6, 6.07) is 33.2. The minimum Gasteiger partial charge on any atom is -0.343 e. The van der Waals surface area contributed by atoms with Crippen LogP contribution in [-0.2, 0) is 0 Å². The van der Waals surface area contributed by atoms with Gasteiger partial charge in [0, 0.05) is 29.2 Å². The number of fused-ring (bicyclic) bond motifs is 8. The van der Waals surface area contributed by atoms with Gasteiger partial charge in [0.1, 0.15) is 0 Å². The summed E-state index contributed by atoms with van der Waals surface area (Å²) in [6.07, 6.45) is 0. The summed E-state index contributed by atoms with van der Waals surface area (Å²) in [5.41, 5.74) is 9.11. The number of rotatable bonds is 0. The van der Waals surface area contributed by atoms with Gasteiger partial charge in [0.15, 0.2) is 0 Å². The van der Waals surface area contributed by atoms with Crippen molar-refractivity contribution in [2.45, 2.75) is 6.92 Å². The second-order valence-corrected chi connectivity index (χ2v) is 7.96. The van der Waals surface area contributed by atoms with E-state index in [9.17, 15) is 0 Å². The molecule has 0 saturated heterocycles. The van der Waals surface area contributed by atoms with E-state index in [1.165, 1.54) is 60.7 Å². The molecule has 1 heterocycles. The number of hydrogen-bond acceptors (Lipinski definition) is 1. The lowest BCUT2D eigenvalue weighted by Gasteiger charge is -2.25. The van der Waals surface area contributed by atoms with Gasteiger partial charge in [0.25, 0.3) is 0 Å². The summed E-state index contributed by atoms with van der Waals surface area (Å²) in [6.45, 7) is 2.24. The van der Waals surface area contributed by atoms with Crippen LogP contribution in [0.2, 0.25) is 0 Å². The molecule has 0 bridgehead atoms. The zero-order valence-corrected chi connectivity index (χ0v) is 16.6. The van der Waals surface area contributed by atoms with Crippen molar-refractivity contribution in [2.75, 3.05) is 11.9 Å². The van der Waals surface area contributed by atoms with Crippen molar-refractivity contribution in [2.24, 2.45) is 0 Å². The highest BCUT2D eigenvalue weighted by Gasteiger charge is 2.26. The van der Waals surface area contributed by atoms with Gasteiger partial charge in [-0.3, -0.25) is 0 Å². The molecule has 1 aliphatic rings. The highest BCUT2D eigenvalue weighted by molar-refractivity contribution is 6.11. The molecule has 5 aromatic rings. The lowest BCUT2D eigenvalue weighted by molar-refractivity contribution is 1.23. The van der Waals surface area contributed by atoms with Gasteiger partial charge in [-0.1, -0.05) is 78.9 Å². The average Bonchev–Trinajstić information content (AvgIpc) is 2.86. The zero-order valence-electron chi connectivity index (χ0n) is 16.6. The topological polar surface area (TPSA) is 3.24 Å². The Morgan fingerprint density at radius 1 is 0.586 bits per heavy atom. The smallest absolute Gasteiger partial charge is 0.0570 e. The molecule has 0 aliphatic carbocycles. The fourth-order valence-corrected chi connectivity index (χ4v) is 4.93. The van der Waals surface area contributed by atoms with Crippen molar-refractivity contribution in [1.82, 2.24) is 0 Å². The maximum atomic E-state index is 2.40. The molecule has 0 amide bonds. The molecule has 6 rings (SSSR count). The molecule has 1 aliphatic heterocycles. The maximum Gasteiger partial charge on any atom is 0.0570 e. The molecule has 0 N–H and O–H groups in total. The Morgan fingerprint density at radius 3 is 2.00 bits per heavy atom. The first-order valence-corrected chi connectivity index (χ1v) is 10.1. The molecule has 0 radical (unpaired) electrons. The van der Waals surface area contributed by atoms with Crippen LogP contribution in [0.4, 0.5) is 11.4 Å². The van der Waals surface area contributed by atoms with Gasteiger partial charge in [0.2, 0.25) is 0 Å². The van der Waals surface area contributed by atoms with Gasteiger partial charge >= 0.3 is 0 Å². The Morgan fingerprint density at radius 2 is 1.21 bits per heavy atom. The van der Waals surface area contributed by atoms with Crippen molar-refractivity contribution in [1.29, 1.82) is 0 Å². The van der Waals surface area contributed by atoms with Crippen LogP contribution in [0.5, 0.6) is 0 Å². The third-order valence-corrected chi connectivity index (χ3v) is 6.27. The summed E-state index contributed by atoms with van der Waals surface area (Å²) in [4.78, 5) is 2.40. The van der Waals surface area contributed by atoms with Crippen LogP contribution in [0.25, 0.3) is 43.8 Å². The monoisotopic (exact) mass is 371 g/mol. The first-order valence-electron chi connectivity index (χ1n) is 10.1. The van der Waals surface area contributed by atoms with E-state index in [0.29, 0.717) is 0 Å². The van der Waals surface area contributed by atoms with Crippen molar-refractivity contribution in [3.05, 3.63) is 96.6 Å². The Hall–Kier alpha value is -3.58. The molecule has 0 saturated carbocycles. The number of aryl methyl sites for hydroxylation is 1. The molecular weight excluding hydrogens is 350 g/mol. The highest BCUT2D eigenvalue weighted by atomic mass is 15.1. The Bertz CT molecular complexity index is 1430. The number of benzene rings is 5. The predicted octanol–water partition coefficient (Wildman–Crippen LogP) is 7.72. The summed E-state index contributed by atoms with van der Waals surface area (Å²) >= 11 is 0. The van der Waals surface area contributed by atoms with E-state index < -0.39 is 0 Å². The number of anilines is 2. The molecule has 0 unspecified atom stereocenters. The van der Waals surface area contributed by atoms with Crippen molar-refractivity contribution in [3.8, 4) is 22.3 Å². The van der Waals surface area contributed by atoms with Gasteiger partial charge in [-0.25, -0.2) is 0 Å². The van der Waals surface area contributed by atoms with Crippen molar-refractivity contribution >= 4 is 32.9 Å². The predicted molar refractivity (Wildman–Crippen MR) is 125 cm³/mol. The van der Waals surface area contributed by atoms with Crippen molar-refractivity contribution < 1.29 is 0 Å². The minimum absolute atomic E-state index is 1.26. The van der Waals surface area contributed by atoms with Gasteiger partial charge < -0.3 is 4.90 Å². The third kappa shape index (κ3) is 2.28. The van der Waals surface area contributed by atoms with E-state index in [-0.39, 0.29) is 0 Å². The van der Waals surface area contributed by atoms with E-state index in [0.717, 1.165) is 0 Å². The summed E-state index contributed by atoms with van der Waals surface area (Å²) in [7, 11) is 2.21. The van der Waals surface area contributed by atoms with E-state index in [1.807, 2.05) is 0 Å². The summed E-state index contributed by atoms with van der Waals surface area (Å²) in [5.74, 6) is 0. The maximum absolute atomic E-state index is 2.40. The van der Waals surface area contributed by atoms with Gasteiger partial charge in [-0.15, -0.1) is 0 Å². The second kappa shape index (κ2) is 5.96. The van der Waals surface area contributed by atoms with E-state index in [1.54, 1.807) is 0 Å². The standard InChI is InChI=1S/C28H21N/c1-18-15-21-11-5-6-12-22(21)28-27(18)24-14-8-7-13-23(24)25-16-19-9-3-4-10-20(19)17-26(25)29(28)2/h3-17H,1-2H3. The lowest BCUT2D eigenvalue weighted by atomic mass is 9.89. The molecule has 0 atom stereocenters. The Balaban J connectivity index is 1.84. The average molecular weight is 371 g/mol. The van der Waals surface area contributed by atoms with Gasteiger partial charge in [-0.2, -0.15) is 0 Å². The van der Waals surface area contributed by atoms with Crippen LogP contribution < -0.4 is 4.90 Å². The summed E-state index contributed by atoms with van der Waals surface area (Å²) in [5, 5.41) is 5.14. The van der Waals surface area contributed by atoms with E-state index >= 15 is 0 Å². The molecule has 5 aromatic carbocycles. The van der Waals surface area contributed by atoms with E-state index in [2.05, 4.69) is 110 Å². The molecule has 138 valence electrons. The van der Waals surface area contributed by atoms with Crippen LogP contribution in [0, 0.1) is 6.92 Å². The van der Waals surface area contributed by atoms with Crippen LogP contribution in [0.15, 0.2) is 91.0 Å². The molecule has 1 heteroatoms. The highest BCUT2D eigenvalue weighted by Crippen LogP contribution is 2.51. The minimum atomic E-state index is 1.26. The number of hydrogen-bond donors (Lipinski definition) is 0. The largest absolute Gasteiger partial charge is 0.343 e.